The van der Waals surface area contributed by atoms with E-state index in [4.69, 9.17) is 0 Å². The molecule has 0 saturated carbocycles. The van der Waals surface area contributed by atoms with Gasteiger partial charge in [-0.1, -0.05) is 19.1 Å². The number of anilines is 1. The Morgan fingerprint density at radius 3 is 2.89 bits per heavy atom. The lowest BCUT2D eigenvalue weighted by molar-refractivity contribution is -0.120. The SMILES string of the molecule is CCNCc1cccc(NC(=O)C2CCNCC2)c1. The van der Waals surface area contributed by atoms with Gasteiger partial charge in [0.05, 0.1) is 0 Å². The molecule has 0 spiro atoms. The number of hydrogen-bond donors (Lipinski definition) is 3. The average Bonchev–Trinajstić information content (AvgIpc) is 2.46. The molecule has 3 N–H and O–H groups in total. The van der Waals surface area contributed by atoms with Crippen molar-refractivity contribution < 1.29 is 4.79 Å². The smallest absolute Gasteiger partial charge is 0.227 e. The molecule has 1 aliphatic rings. The summed E-state index contributed by atoms with van der Waals surface area (Å²) in [7, 11) is 0. The van der Waals surface area contributed by atoms with E-state index in [9.17, 15) is 4.79 Å². The van der Waals surface area contributed by atoms with Gasteiger partial charge in [-0.05, 0) is 50.2 Å². The van der Waals surface area contributed by atoms with Gasteiger partial charge in [-0.2, -0.15) is 0 Å². The van der Waals surface area contributed by atoms with Crippen molar-refractivity contribution in [2.45, 2.75) is 26.3 Å². The van der Waals surface area contributed by atoms with Gasteiger partial charge in [-0.25, -0.2) is 0 Å². The summed E-state index contributed by atoms with van der Waals surface area (Å²) in [5, 5.41) is 9.60. The zero-order chi connectivity index (χ0) is 13.5. The molecule has 1 heterocycles. The standard InChI is InChI=1S/C15H23N3O/c1-2-16-11-12-4-3-5-14(10-12)18-15(19)13-6-8-17-9-7-13/h3-5,10,13,16-17H,2,6-9,11H2,1H3,(H,18,19). The molecule has 2 rings (SSSR count). The highest BCUT2D eigenvalue weighted by atomic mass is 16.1. The molecule has 1 saturated heterocycles. The first-order valence-corrected chi connectivity index (χ1v) is 7.11. The predicted octanol–water partition coefficient (Wildman–Crippen LogP) is 1.73. The van der Waals surface area contributed by atoms with E-state index in [2.05, 4.69) is 28.9 Å². The average molecular weight is 261 g/mol. The van der Waals surface area contributed by atoms with Crippen molar-refractivity contribution in [1.82, 2.24) is 10.6 Å². The van der Waals surface area contributed by atoms with Gasteiger partial charge in [-0.15, -0.1) is 0 Å². The zero-order valence-corrected chi connectivity index (χ0v) is 11.5. The summed E-state index contributed by atoms with van der Waals surface area (Å²) in [6.45, 7) is 5.76. The van der Waals surface area contributed by atoms with Gasteiger partial charge < -0.3 is 16.0 Å². The van der Waals surface area contributed by atoms with E-state index in [1.807, 2.05) is 18.2 Å². The Balaban J connectivity index is 1.92. The number of hydrogen-bond acceptors (Lipinski definition) is 3. The lowest BCUT2D eigenvalue weighted by atomic mass is 9.97. The van der Waals surface area contributed by atoms with Crippen molar-refractivity contribution in [2.75, 3.05) is 25.0 Å². The van der Waals surface area contributed by atoms with Crippen LogP contribution in [0.5, 0.6) is 0 Å². The second-order valence-electron chi connectivity index (χ2n) is 4.99. The van der Waals surface area contributed by atoms with Gasteiger partial charge in [-0.3, -0.25) is 4.79 Å². The highest BCUT2D eigenvalue weighted by Crippen LogP contribution is 2.16. The number of rotatable bonds is 5. The number of benzene rings is 1. The summed E-state index contributed by atoms with van der Waals surface area (Å²) >= 11 is 0. The minimum Gasteiger partial charge on any atom is -0.326 e. The van der Waals surface area contributed by atoms with E-state index < -0.39 is 0 Å². The van der Waals surface area contributed by atoms with Crippen LogP contribution in [0.1, 0.15) is 25.3 Å². The molecule has 1 aromatic carbocycles. The van der Waals surface area contributed by atoms with E-state index in [-0.39, 0.29) is 11.8 Å². The quantitative estimate of drug-likeness (QED) is 0.756. The highest BCUT2D eigenvalue weighted by molar-refractivity contribution is 5.92. The third kappa shape index (κ3) is 4.33. The van der Waals surface area contributed by atoms with E-state index >= 15 is 0 Å². The van der Waals surface area contributed by atoms with Crippen LogP contribution in [0.15, 0.2) is 24.3 Å². The first kappa shape index (κ1) is 14.0. The number of amides is 1. The normalized spacial score (nSPS) is 16.3. The number of piperidine rings is 1. The van der Waals surface area contributed by atoms with Crippen LogP contribution in [0.3, 0.4) is 0 Å². The molecular weight excluding hydrogens is 238 g/mol. The molecule has 0 aromatic heterocycles. The first-order chi connectivity index (χ1) is 9.29. The molecule has 104 valence electrons. The lowest BCUT2D eigenvalue weighted by Crippen LogP contribution is -2.34. The van der Waals surface area contributed by atoms with Crippen molar-refractivity contribution in [3.8, 4) is 0 Å². The van der Waals surface area contributed by atoms with Gasteiger partial charge in [0, 0.05) is 18.2 Å². The largest absolute Gasteiger partial charge is 0.326 e. The van der Waals surface area contributed by atoms with E-state index in [0.717, 1.165) is 44.7 Å². The molecule has 1 fully saturated rings. The summed E-state index contributed by atoms with van der Waals surface area (Å²) in [6, 6.07) is 8.06. The number of carbonyl (C=O) groups excluding carboxylic acids is 1. The van der Waals surface area contributed by atoms with Gasteiger partial charge >= 0.3 is 0 Å². The molecular formula is C15H23N3O. The van der Waals surface area contributed by atoms with E-state index in [1.165, 1.54) is 5.56 Å². The Labute approximate surface area is 115 Å². The minimum atomic E-state index is 0.152. The topological polar surface area (TPSA) is 53.2 Å². The molecule has 1 aromatic rings. The summed E-state index contributed by atoms with van der Waals surface area (Å²) < 4.78 is 0. The second kappa shape index (κ2) is 7.26. The van der Waals surface area contributed by atoms with Gasteiger partial charge in [0.2, 0.25) is 5.91 Å². The first-order valence-electron chi connectivity index (χ1n) is 7.11. The van der Waals surface area contributed by atoms with Crippen molar-refractivity contribution in [3.63, 3.8) is 0 Å². The second-order valence-corrected chi connectivity index (χ2v) is 4.99. The van der Waals surface area contributed by atoms with Gasteiger partial charge in [0.25, 0.3) is 0 Å². The molecule has 0 atom stereocenters. The van der Waals surface area contributed by atoms with Crippen LogP contribution in [0, 0.1) is 5.92 Å². The molecule has 1 aliphatic heterocycles. The lowest BCUT2D eigenvalue weighted by Gasteiger charge is -2.21. The molecule has 0 unspecified atom stereocenters. The third-order valence-electron chi connectivity index (χ3n) is 3.48. The molecule has 0 aliphatic carbocycles. The molecule has 4 heteroatoms. The fraction of sp³-hybridized carbons (Fsp3) is 0.533. The summed E-state index contributed by atoms with van der Waals surface area (Å²) in [5.41, 5.74) is 2.10. The molecule has 19 heavy (non-hydrogen) atoms. The maximum atomic E-state index is 12.1. The van der Waals surface area contributed by atoms with Crippen LogP contribution < -0.4 is 16.0 Å². The molecule has 0 bridgehead atoms. The van der Waals surface area contributed by atoms with Crippen molar-refractivity contribution in [3.05, 3.63) is 29.8 Å². The van der Waals surface area contributed by atoms with Gasteiger partial charge in [0.1, 0.15) is 0 Å². The molecule has 1 amide bonds. The molecule has 0 radical (unpaired) electrons. The fourth-order valence-electron chi connectivity index (χ4n) is 2.36. The van der Waals surface area contributed by atoms with E-state index in [1.54, 1.807) is 0 Å². The Kier molecular flexibility index (Phi) is 5.36. The number of carbonyl (C=O) groups is 1. The van der Waals surface area contributed by atoms with Crippen LogP contribution in [0.25, 0.3) is 0 Å². The molecule has 4 nitrogen and oxygen atoms in total. The van der Waals surface area contributed by atoms with Crippen molar-refractivity contribution in [1.29, 1.82) is 0 Å². The van der Waals surface area contributed by atoms with Crippen LogP contribution in [-0.4, -0.2) is 25.5 Å². The van der Waals surface area contributed by atoms with Crippen LogP contribution in [0.2, 0.25) is 0 Å². The van der Waals surface area contributed by atoms with Gasteiger partial charge in [0.15, 0.2) is 0 Å². The highest BCUT2D eigenvalue weighted by Gasteiger charge is 2.20. The maximum absolute atomic E-state index is 12.1. The summed E-state index contributed by atoms with van der Waals surface area (Å²) in [5.74, 6) is 0.306. The zero-order valence-electron chi connectivity index (χ0n) is 11.5. The minimum absolute atomic E-state index is 0.152. The Hall–Kier alpha value is -1.39. The van der Waals surface area contributed by atoms with Crippen LogP contribution in [-0.2, 0) is 11.3 Å². The summed E-state index contributed by atoms with van der Waals surface area (Å²) in [6.07, 6.45) is 1.87. The maximum Gasteiger partial charge on any atom is 0.227 e. The van der Waals surface area contributed by atoms with Crippen LogP contribution in [0.4, 0.5) is 5.69 Å². The van der Waals surface area contributed by atoms with Crippen molar-refractivity contribution >= 4 is 11.6 Å². The third-order valence-corrected chi connectivity index (χ3v) is 3.48. The summed E-state index contributed by atoms with van der Waals surface area (Å²) in [4.78, 5) is 12.1. The Morgan fingerprint density at radius 2 is 2.16 bits per heavy atom. The Bertz CT molecular complexity index is 414. The monoisotopic (exact) mass is 261 g/mol. The predicted molar refractivity (Wildman–Crippen MR) is 78.0 cm³/mol. The van der Waals surface area contributed by atoms with E-state index in [0.29, 0.717) is 0 Å². The number of nitrogens with one attached hydrogen (secondary N) is 3. The fourth-order valence-corrected chi connectivity index (χ4v) is 2.36. The van der Waals surface area contributed by atoms with Crippen LogP contribution >= 0.6 is 0 Å². The van der Waals surface area contributed by atoms with Crippen molar-refractivity contribution in [2.24, 2.45) is 5.92 Å². The Morgan fingerprint density at radius 1 is 1.37 bits per heavy atom.